The lowest BCUT2D eigenvalue weighted by Gasteiger charge is -2.26. The number of carbonyl (C=O) groups is 1. The van der Waals surface area contributed by atoms with E-state index in [1.807, 2.05) is 61.6 Å². The third-order valence-corrected chi connectivity index (χ3v) is 7.03. The Morgan fingerprint density at radius 3 is 2.53 bits per heavy atom. The van der Waals surface area contributed by atoms with Crippen LogP contribution in [0.1, 0.15) is 70.8 Å². The predicted octanol–water partition coefficient (Wildman–Crippen LogP) is 7.44. The lowest BCUT2D eigenvalue weighted by atomic mass is 9.79. The third-order valence-electron chi connectivity index (χ3n) is 7.03. The Bertz CT molecular complexity index is 948. The number of hydrogen-bond acceptors (Lipinski definition) is 5. The average molecular weight is 520 g/mol. The number of allylic oxidation sites excluding steroid dienone is 5. The molecule has 38 heavy (non-hydrogen) atoms. The molecule has 5 heteroatoms. The van der Waals surface area contributed by atoms with Gasteiger partial charge < -0.3 is 10.2 Å². The number of hydrazine groups is 1. The molecular weight excluding hydrogens is 470 g/mol. The molecular formula is C33H49N3O2. The minimum absolute atomic E-state index is 0.128. The number of nitrogens with one attached hydrogen (secondary N) is 1. The maximum absolute atomic E-state index is 13.3. The van der Waals surface area contributed by atoms with Crippen LogP contribution in [0.15, 0.2) is 84.6 Å². The molecule has 1 aliphatic heterocycles. The van der Waals surface area contributed by atoms with Crippen molar-refractivity contribution < 1.29 is 9.53 Å². The highest BCUT2D eigenvalue weighted by Crippen LogP contribution is 2.36. The third kappa shape index (κ3) is 10.8. The second-order valence-corrected chi connectivity index (χ2v) is 10.5. The molecule has 1 aromatic carbocycles. The first-order valence-electron chi connectivity index (χ1n) is 14.2. The summed E-state index contributed by atoms with van der Waals surface area (Å²) in [6.45, 7) is 12.6. The minimum Gasteiger partial charge on any atom is -0.459 e. The highest BCUT2D eigenvalue weighted by atomic mass is 16.5. The van der Waals surface area contributed by atoms with Crippen LogP contribution in [-0.2, 0) is 16.1 Å². The Kier molecular flexibility index (Phi) is 14.5. The summed E-state index contributed by atoms with van der Waals surface area (Å²) in [5.74, 6) is 0.773. The zero-order chi connectivity index (χ0) is 27.8. The highest BCUT2D eigenvalue weighted by molar-refractivity contribution is 6.00. The summed E-state index contributed by atoms with van der Waals surface area (Å²) in [5, 5.41) is 1.93. The van der Waals surface area contributed by atoms with Crippen molar-refractivity contribution in [1.29, 1.82) is 0 Å². The summed E-state index contributed by atoms with van der Waals surface area (Å²) >= 11 is 0. The van der Waals surface area contributed by atoms with E-state index >= 15 is 0 Å². The molecule has 0 aromatic heterocycles. The van der Waals surface area contributed by atoms with Crippen molar-refractivity contribution in [3.63, 3.8) is 0 Å². The van der Waals surface area contributed by atoms with E-state index < -0.39 is 6.04 Å². The molecule has 1 aromatic rings. The molecule has 2 rings (SSSR count). The van der Waals surface area contributed by atoms with Crippen LogP contribution in [0.3, 0.4) is 0 Å². The second-order valence-electron chi connectivity index (χ2n) is 10.5. The van der Waals surface area contributed by atoms with Crippen molar-refractivity contribution in [3.05, 3.63) is 85.1 Å². The van der Waals surface area contributed by atoms with Gasteiger partial charge >= 0.3 is 5.97 Å². The number of carbonyl (C=O) groups excluding carboxylic acids is 1. The van der Waals surface area contributed by atoms with Gasteiger partial charge in [-0.2, -0.15) is 0 Å². The molecule has 3 unspecified atom stereocenters. The number of aliphatic imine (C=N–C) groups is 1. The Morgan fingerprint density at radius 1 is 1.16 bits per heavy atom. The zero-order valence-corrected chi connectivity index (χ0v) is 24.1. The Balaban J connectivity index is 2.28. The van der Waals surface area contributed by atoms with Crippen LogP contribution in [0.25, 0.3) is 0 Å². The van der Waals surface area contributed by atoms with Crippen molar-refractivity contribution in [1.82, 2.24) is 10.4 Å². The molecule has 0 saturated heterocycles. The monoisotopic (exact) mass is 519 g/mol. The van der Waals surface area contributed by atoms with Gasteiger partial charge in [-0.25, -0.2) is 9.80 Å². The van der Waals surface area contributed by atoms with Crippen LogP contribution < -0.4 is 5.43 Å². The molecule has 1 heterocycles. The number of ether oxygens (including phenoxy) is 1. The number of rotatable bonds is 18. The van der Waals surface area contributed by atoms with Gasteiger partial charge in [0.05, 0.1) is 5.70 Å². The van der Waals surface area contributed by atoms with Crippen molar-refractivity contribution in [3.8, 4) is 0 Å². The lowest BCUT2D eigenvalue weighted by molar-refractivity contribution is -0.148. The van der Waals surface area contributed by atoms with Crippen LogP contribution in [0, 0.1) is 17.8 Å². The number of benzene rings is 1. The van der Waals surface area contributed by atoms with Crippen molar-refractivity contribution >= 4 is 11.7 Å². The number of esters is 1. The summed E-state index contributed by atoms with van der Waals surface area (Å²) in [4.78, 5) is 18.3. The van der Waals surface area contributed by atoms with E-state index in [0.29, 0.717) is 11.8 Å². The average Bonchev–Trinajstić information content (AvgIpc) is 3.33. The normalized spacial score (nSPS) is 19.3. The first kappa shape index (κ1) is 31.3. The molecule has 4 atom stereocenters. The van der Waals surface area contributed by atoms with Crippen molar-refractivity contribution in [2.24, 2.45) is 22.7 Å². The van der Waals surface area contributed by atoms with Gasteiger partial charge in [0.2, 0.25) is 0 Å². The minimum atomic E-state index is -0.481. The van der Waals surface area contributed by atoms with Crippen LogP contribution in [0.2, 0.25) is 0 Å². The fourth-order valence-corrected chi connectivity index (χ4v) is 5.15. The maximum atomic E-state index is 13.3. The van der Waals surface area contributed by atoms with Crippen LogP contribution in [0.5, 0.6) is 0 Å². The Hall–Kier alpha value is -2.92. The van der Waals surface area contributed by atoms with Crippen molar-refractivity contribution in [2.75, 3.05) is 14.1 Å². The van der Waals surface area contributed by atoms with Crippen LogP contribution >= 0.6 is 0 Å². The zero-order valence-electron chi connectivity index (χ0n) is 24.1. The summed E-state index contributed by atoms with van der Waals surface area (Å²) in [5.41, 5.74) is 6.29. The fraction of sp³-hybridized carbons (Fsp3) is 0.515. The first-order chi connectivity index (χ1) is 18.4. The lowest BCUT2D eigenvalue weighted by Crippen LogP contribution is -2.32. The molecule has 208 valence electrons. The molecule has 0 fully saturated rings. The molecule has 0 amide bonds. The molecule has 0 bridgehead atoms. The van der Waals surface area contributed by atoms with E-state index in [1.165, 1.54) is 0 Å². The number of nitrogens with zero attached hydrogens (tertiary/aromatic N) is 2. The molecule has 0 spiro atoms. The smallest absolute Gasteiger partial charge is 0.331 e. The maximum Gasteiger partial charge on any atom is 0.331 e. The van der Waals surface area contributed by atoms with Crippen LogP contribution in [-0.4, -0.2) is 36.8 Å². The van der Waals surface area contributed by atoms with Gasteiger partial charge in [0.1, 0.15) is 6.61 Å². The Labute approximate surface area is 231 Å². The Morgan fingerprint density at radius 2 is 1.89 bits per heavy atom. The topological polar surface area (TPSA) is 53.9 Å². The van der Waals surface area contributed by atoms with Gasteiger partial charge in [0, 0.05) is 25.7 Å². The summed E-state index contributed by atoms with van der Waals surface area (Å²) < 4.78 is 5.79. The first-order valence-corrected chi connectivity index (χ1v) is 14.2. The van der Waals surface area contributed by atoms with Crippen molar-refractivity contribution in [2.45, 2.75) is 77.9 Å². The molecule has 0 saturated carbocycles. The summed E-state index contributed by atoms with van der Waals surface area (Å²) in [6, 6.07) is 9.35. The van der Waals surface area contributed by atoms with E-state index in [9.17, 15) is 4.79 Å². The standard InChI is InChI=1S/C33H49N3O2/c1-7-11-21-28(17-9-3)31-24-30(34-32(31)33(37)38-25-27-18-13-12-14-19-27)23-29(35-36(5)6)22-15-20-26(10-4)16-8-2/h7,10,12-15,18-19,22-23,26,28,31-32,35H,1,4,8-9,11,16-17,20-21,24-25H2,2-3,5-6H3/b22-15+,29-23?/t26-,28?,31?,32?/m0/s1. The quantitative estimate of drug-likeness (QED) is 0.0948. The summed E-state index contributed by atoms with van der Waals surface area (Å²) in [7, 11) is 3.95. The van der Waals surface area contributed by atoms with Gasteiger partial charge in [-0.1, -0.05) is 81.7 Å². The molecule has 0 aliphatic carbocycles. The second kappa shape index (κ2) is 17.6. The van der Waals surface area contributed by atoms with E-state index in [0.717, 1.165) is 68.3 Å². The van der Waals surface area contributed by atoms with Gasteiger partial charge in [-0.3, -0.25) is 4.99 Å². The van der Waals surface area contributed by atoms with Crippen LogP contribution in [0.4, 0.5) is 0 Å². The SMILES string of the molecule is C=CCCC(CCC)C1CC(C=C(/C=C/C[C@@H](C=C)CCC)NN(C)C)=NC1C(=O)OCc1ccccc1. The highest BCUT2D eigenvalue weighted by Gasteiger charge is 2.39. The van der Waals surface area contributed by atoms with E-state index in [-0.39, 0.29) is 18.5 Å². The number of hydrogen-bond donors (Lipinski definition) is 1. The van der Waals surface area contributed by atoms with E-state index in [1.54, 1.807) is 0 Å². The van der Waals surface area contributed by atoms with E-state index in [4.69, 9.17) is 9.73 Å². The molecule has 1 aliphatic rings. The molecule has 5 nitrogen and oxygen atoms in total. The van der Waals surface area contributed by atoms with E-state index in [2.05, 4.69) is 50.7 Å². The van der Waals surface area contributed by atoms with Gasteiger partial charge in [0.25, 0.3) is 0 Å². The van der Waals surface area contributed by atoms with Gasteiger partial charge in [-0.05, 0) is 61.7 Å². The molecule has 1 N–H and O–H groups in total. The predicted molar refractivity (Wildman–Crippen MR) is 161 cm³/mol. The fourth-order valence-electron chi connectivity index (χ4n) is 5.15. The van der Waals surface area contributed by atoms with Gasteiger partial charge in [-0.15, -0.1) is 13.2 Å². The molecule has 0 radical (unpaired) electrons. The van der Waals surface area contributed by atoms with Gasteiger partial charge in [0.15, 0.2) is 6.04 Å². The summed E-state index contributed by atoms with van der Waals surface area (Å²) in [6.07, 6.45) is 18.5. The largest absolute Gasteiger partial charge is 0.459 e.